The maximum atomic E-state index is 5.90. The van der Waals surface area contributed by atoms with Gasteiger partial charge >= 0.3 is 0 Å². The molecule has 0 aromatic heterocycles. The summed E-state index contributed by atoms with van der Waals surface area (Å²) in [4.78, 5) is 0.307. The van der Waals surface area contributed by atoms with E-state index in [0.717, 1.165) is 13.0 Å². The first-order valence-electron chi connectivity index (χ1n) is 5.45. The minimum atomic E-state index is 0.307. The molecule has 94 valence electrons. The lowest BCUT2D eigenvalue weighted by Gasteiger charge is -2.11. The molecule has 0 saturated heterocycles. The molecule has 0 saturated carbocycles. The molecule has 5 heteroatoms. The lowest BCUT2D eigenvalue weighted by molar-refractivity contribution is 0.131. The third-order valence-corrected chi connectivity index (χ3v) is 2.56. The van der Waals surface area contributed by atoms with Gasteiger partial charge in [-0.3, -0.25) is 0 Å². The first-order valence-corrected chi connectivity index (χ1v) is 6.23. The van der Waals surface area contributed by atoms with Gasteiger partial charge < -0.3 is 15.2 Å². The molecule has 17 heavy (non-hydrogen) atoms. The fraction of sp³-hybridized carbons (Fsp3) is 0.417. The van der Waals surface area contributed by atoms with Crippen LogP contribution in [0.4, 0.5) is 0 Å². The minimum Gasteiger partial charge on any atom is -0.493 e. The number of rotatable bonds is 7. The molecule has 0 fully saturated rings. The van der Waals surface area contributed by atoms with Crippen LogP contribution < -0.4 is 10.5 Å². The van der Waals surface area contributed by atoms with E-state index < -0.39 is 0 Å². The highest BCUT2D eigenvalue weighted by atomic mass is 35.5. The molecule has 0 unspecified atom stereocenters. The zero-order valence-electron chi connectivity index (χ0n) is 9.74. The van der Waals surface area contributed by atoms with Crippen LogP contribution in [-0.4, -0.2) is 24.8 Å². The predicted molar refractivity (Wildman–Crippen MR) is 73.9 cm³/mol. The molecule has 0 amide bonds. The van der Waals surface area contributed by atoms with E-state index in [1.165, 1.54) is 0 Å². The quantitative estimate of drug-likeness (QED) is 0.613. The molecule has 1 aromatic carbocycles. The number of halogens is 1. The van der Waals surface area contributed by atoms with E-state index in [2.05, 4.69) is 0 Å². The van der Waals surface area contributed by atoms with E-state index in [9.17, 15) is 0 Å². The normalized spacial score (nSPS) is 10.2. The maximum absolute atomic E-state index is 5.90. The minimum absolute atomic E-state index is 0.307. The van der Waals surface area contributed by atoms with Crippen molar-refractivity contribution in [3.63, 3.8) is 0 Å². The Labute approximate surface area is 112 Å². The molecule has 3 nitrogen and oxygen atoms in total. The Bertz CT molecular complexity index is 385. The van der Waals surface area contributed by atoms with Crippen molar-refractivity contribution < 1.29 is 9.47 Å². The monoisotopic (exact) mass is 273 g/mol. The van der Waals surface area contributed by atoms with E-state index in [0.29, 0.717) is 34.5 Å². The fourth-order valence-corrected chi connectivity index (χ4v) is 1.64. The first-order chi connectivity index (χ1) is 8.15. The van der Waals surface area contributed by atoms with Crippen LogP contribution in [0.2, 0.25) is 5.02 Å². The molecule has 1 rings (SSSR count). The summed E-state index contributed by atoms with van der Waals surface area (Å²) in [5.74, 6) is 0.626. The second kappa shape index (κ2) is 7.48. The summed E-state index contributed by atoms with van der Waals surface area (Å²) in [5.41, 5.74) is 6.31. The summed E-state index contributed by atoms with van der Waals surface area (Å²) < 4.78 is 10.8. The van der Waals surface area contributed by atoms with Crippen LogP contribution in [0.3, 0.4) is 0 Å². The van der Waals surface area contributed by atoms with Crippen LogP contribution in [0.25, 0.3) is 0 Å². The smallest absolute Gasteiger partial charge is 0.130 e. The van der Waals surface area contributed by atoms with Crippen molar-refractivity contribution in [2.45, 2.75) is 13.3 Å². The molecule has 0 radical (unpaired) electrons. The molecule has 0 bridgehead atoms. The third-order valence-electron chi connectivity index (χ3n) is 2.10. The molecule has 0 atom stereocenters. The van der Waals surface area contributed by atoms with E-state index in [1.54, 1.807) is 18.2 Å². The molecule has 0 spiro atoms. The van der Waals surface area contributed by atoms with Crippen molar-refractivity contribution >= 4 is 28.8 Å². The molecule has 0 aliphatic rings. The number of thiocarbonyl (C=S) groups is 1. The fourth-order valence-electron chi connectivity index (χ4n) is 1.31. The van der Waals surface area contributed by atoms with Gasteiger partial charge in [0.15, 0.2) is 0 Å². The highest BCUT2D eigenvalue weighted by Crippen LogP contribution is 2.23. The Balaban J connectivity index is 2.56. The van der Waals surface area contributed by atoms with Crippen LogP contribution in [0, 0.1) is 0 Å². The molecular formula is C12H16ClNO2S. The molecule has 1 aromatic rings. The molecular weight excluding hydrogens is 258 g/mol. The van der Waals surface area contributed by atoms with E-state index in [1.807, 2.05) is 6.92 Å². The van der Waals surface area contributed by atoms with Crippen molar-refractivity contribution in [2.75, 3.05) is 19.8 Å². The number of benzene rings is 1. The summed E-state index contributed by atoms with van der Waals surface area (Å²) in [6, 6.07) is 5.22. The van der Waals surface area contributed by atoms with Crippen LogP contribution >= 0.6 is 23.8 Å². The average molecular weight is 274 g/mol. The third kappa shape index (κ3) is 4.89. The van der Waals surface area contributed by atoms with E-state index >= 15 is 0 Å². The molecule has 0 aliphatic heterocycles. The van der Waals surface area contributed by atoms with Gasteiger partial charge in [-0.2, -0.15) is 0 Å². The molecule has 0 heterocycles. The van der Waals surface area contributed by atoms with Gasteiger partial charge in [-0.25, -0.2) is 0 Å². The Kier molecular flexibility index (Phi) is 6.26. The van der Waals surface area contributed by atoms with E-state index in [-0.39, 0.29) is 0 Å². The SMILES string of the molecule is CCOCCCOc1cc(Cl)ccc1C(N)=S. The van der Waals surface area contributed by atoms with Gasteiger partial charge in [0.1, 0.15) is 10.7 Å². The second-order valence-electron chi connectivity index (χ2n) is 3.40. The summed E-state index contributed by atoms with van der Waals surface area (Å²) in [6.07, 6.45) is 0.817. The zero-order chi connectivity index (χ0) is 12.7. The summed E-state index contributed by atoms with van der Waals surface area (Å²) >= 11 is 10.8. The van der Waals surface area contributed by atoms with Crippen LogP contribution in [0.1, 0.15) is 18.9 Å². The van der Waals surface area contributed by atoms with Crippen LogP contribution in [0.15, 0.2) is 18.2 Å². The Morgan fingerprint density at radius 3 is 2.82 bits per heavy atom. The van der Waals surface area contributed by atoms with Gasteiger partial charge in [-0.05, 0) is 25.1 Å². The average Bonchev–Trinajstić information content (AvgIpc) is 2.28. The number of nitrogens with two attached hydrogens (primary N) is 1. The topological polar surface area (TPSA) is 44.5 Å². The first kappa shape index (κ1) is 14.2. The van der Waals surface area contributed by atoms with E-state index in [4.69, 9.17) is 39.0 Å². The summed E-state index contributed by atoms with van der Waals surface area (Å²) in [5, 5.41) is 0.602. The van der Waals surface area contributed by atoms with Gasteiger partial charge in [0.05, 0.1) is 12.2 Å². The molecule has 0 aliphatic carbocycles. The Morgan fingerprint density at radius 1 is 1.41 bits per heavy atom. The van der Waals surface area contributed by atoms with Gasteiger partial charge in [-0.15, -0.1) is 0 Å². The van der Waals surface area contributed by atoms with Gasteiger partial charge in [-0.1, -0.05) is 23.8 Å². The Hall–Kier alpha value is -0.840. The lowest BCUT2D eigenvalue weighted by atomic mass is 10.2. The standard InChI is InChI=1S/C12H16ClNO2S/c1-2-15-6-3-7-16-11-8-9(13)4-5-10(11)12(14)17/h4-5,8H,2-3,6-7H2,1H3,(H2,14,17). The highest BCUT2D eigenvalue weighted by Gasteiger charge is 2.07. The maximum Gasteiger partial charge on any atom is 0.130 e. The van der Waals surface area contributed by atoms with Crippen molar-refractivity contribution in [2.24, 2.45) is 5.73 Å². The number of hydrogen-bond donors (Lipinski definition) is 1. The van der Waals surface area contributed by atoms with Crippen molar-refractivity contribution in [3.8, 4) is 5.75 Å². The lowest BCUT2D eigenvalue weighted by Crippen LogP contribution is -2.12. The van der Waals surface area contributed by atoms with Crippen molar-refractivity contribution in [1.82, 2.24) is 0 Å². The highest BCUT2D eigenvalue weighted by molar-refractivity contribution is 7.80. The summed E-state index contributed by atoms with van der Waals surface area (Å²) in [6.45, 7) is 3.91. The van der Waals surface area contributed by atoms with Gasteiger partial charge in [0, 0.05) is 24.7 Å². The van der Waals surface area contributed by atoms with Crippen LogP contribution in [-0.2, 0) is 4.74 Å². The van der Waals surface area contributed by atoms with Crippen molar-refractivity contribution in [1.29, 1.82) is 0 Å². The Morgan fingerprint density at radius 2 is 2.18 bits per heavy atom. The summed E-state index contributed by atoms with van der Waals surface area (Å²) in [7, 11) is 0. The molecule has 2 N–H and O–H groups in total. The number of ether oxygens (including phenoxy) is 2. The van der Waals surface area contributed by atoms with Crippen LogP contribution in [0.5, 0.6) is 5.75 Å². The van der Waals surface area contributed by atoms with Gasteiger partial charge in [0.25, 0.3) is 0 Å². The van der Waals surface area contributed by atoms with Crippen molar-refractivity contribution in [3.05, 3.63) is 28.8 Å². The zero-order valence-corrected chi connectivity index (χ0v) is 11.3. The predicted octanol–water partition coefficient (Wildman–Crippen LogP) is 2.78. The van der Waals surface area contributed by atoms with Gasteiger partial charge in [0.2, 0.25) is 0 Å². The number of hydrogen-bond acceptors (Lipinski definition) is 3. The second-order valence-corrected chi connectivity index (χ2v) is 4.28. The largest absolute Gasteiger partial charge is 0.493 e.